The van der Waals surface area contributed by atoms with Crippen molar-refractivity contribution in [1.29, 1.82) is 0 Å². The number of aromatic nitrogens is 2. The number of sulfone groups is 1. The molecule has 1 aliphatic heterocycles. The van der Waals surface area contributed by atoms with E-state index in [1.165, 1.54) is 0 Å². The lowest BCUT2D eigenvalue weighted by molar-refractivity contribution is -0.132. The number of carbonyl (C=O) groups excluding carboxylic acids is 1. The zero-order valence-corrected chi connectivity index (χ0v) is 21.9. The highest BCUT2D eigenvalue weighted by Crippen LogP contribution is 2.22. The Morgan fingerprint density at radius 2 is 1.75 bits per heavy atom. The largest absolute Gasteiger partial charge is 0.376 e. The van der Waals surface area contributed by atoms with Crippen LogP contribution in [-0.2, 0) is 44.6 Å². The lowest BCUT2D eigenvalue weighted by atomic mass is 10.1. The minimum atomic E-state index is -3.67. The lowest BCUT2D eigenvalue weighted by Gasteiger charge is -2.26. The van der Waals surface area contributed by atoms with Gasteiger partial charge in [0.25, 0.3) is 0 Å². The van der Waals surface area contributed by atoms with E-state index in [9.17, 15) is 13.2 Å². The molecule has 1 fully saturated rings. The summed E-state index contributed by atoms with van der Waals surface area (Å²) in [7, 11) is -3.67. The van der Waals surface area contributed by atoms with E-state index in [0.29, 0.717) is 19.7 Å². The molecule has 1 saturated heterocycles. The standard InChI is InChI=1S/C28H35N3O4S/c1-22(2)18-31-25(17-29-28(31)36(33,34)21-24-12-7-4-8-13-24)19-30(20-26-14-9-15-35-26)27(32)16-23-10-5-3-6-11-23/h3-8,10-13,17,22,26H,9,14-16,18-21H2,1-2H3. The monoisotopic (exact) mass is 509 g/mol. The number of amides is 1. The molecule has 0 radical (unpaired) electrons. The minimum Gasteiger partial charge on any atom is -0.376 e. The van der Waals surface area contributed by atoms with Crippen molar-refractivity contribution in [2.45, 2.75) is 63.2 Å². The predicted octanol–water partition coefficient (Wildman–Crippen LogP) is 4.26. The predicted molar refractivity (Wildman–Crippen MR) is 139 cm³/mol. The molecule has 0 spiro atoms. The van der Waals surface area contributed by atoms with Gasteiger partial charge in [-0.15, -0.1) is 0 Å². The molecular formula is C28H35N3O4S. The molecule has 1 aliphatic rings. The summed E-state index contributed by atoms with van der Waals surface area (Å²) in [5.41, 5.74) is 2.38. The van der Waals surface area contributed by atoms with E-state index in [1.807, 2.05) is 62.4 Å². The van der Waals surface area contributed by atoms with E-state index in [2.05, 4.69) is 4.98 Å². The molecule has 1 aromatic heterocycles. The van der Waals surface area contributed by atoms with Gasteiger partial charge in [-0.2, -0.15) is 0 Å². The first kappa shape index (κ1) is 26.1. The molecule has 1 atom stereocenters. The zero-order valence-electron chi connectivity index (χ0n) is 21.0. The fourth-order valence-electron chi connectivity index (χ4n) is 4.55. The van der Waals surface area contributed by atoms with Gasteiger partial charge in [0.2, 0.25) is 20.9 Å². The van der Waals surface area contributed by atoms with E-state index >= 15 is 0 Å². The first-order valence-electron chi connectivity index (χ1n) is 12.6. The first-order valence-corrected chi connectivity index (χ1v) is 14.2. The van der Waals surface area contributed by atoms with E-state index < -0.39 is 9.84 Å². The lowest BCUT2D eigenvalue weighted by Crippen LogP contribution is -2.38. The SMILES string of the molecule is CC(C)Cn1c(CN(CC2CCCO2)C(=O)Cc2ccccc2)cnc1S(=O)(=O)Cc1ccccc1. The van der Waals surface area contributed by atoms with E-state index in [4.69, 9.17) is 4.74 Å². The van der Waals surface area contributed by atoms with Crippen molar-refractivity contribution in [2.75, 3.05) is 13.2 Å². The van der Waals surface area contributed by atoms with Crippen molar-refractivity contribution in [3.05, 3.63) is 83.7 Å². The quantitative estimate of drug-likeness (QED) is 0.386. The van der Waals surface area contributed by atoms with Gasteiger partial charge in [-0.05, 0) is 29.9 Å². The Morgan fingerprint density at radius 1 is 1.08 bits per heavy atom. The van der Waals surface area contributed by atoms with Gasteiger partial charge < -0.3 is 14.2 Å². The summed E-state index contributed by atoms with van der Waals surface area (Å²) in [5.74, 6) is 0.0764. The van der Waals surface area contributed by atoms with Crippen LogP contribution in [0.25, 0.3) is 0 Å². The number of hydrogen-bond donors (Lipinski definition) is 0. The minimum absolute atomic E-state index is 0.00697. The Balaban J connectivity index is 1.61. The summed E-state index contributed by atoms with van der Waals surface area (Å²) >= 11 is 0. The maximum Gasteiger partial charge on any atom is 0.228 e. The molecule has 4 rings (SSSR count). The molecule has 0 N–H and O–H groups in total. The molecule has 0 bridgehead atoms. The Labute approximate surface area is 214 Å². The summed E-state index contributed by atoms with van der Waals surface area (Å²) in [4.78, 5) is 19.6. The molecule has 8 heteroatoms. The summed E-state index contributed by atoms with van der Waals surface area (Å²) in [6, 6.07) is 18.8. The van der Waals surface area contributed by atoms with Gasteiger partial charge in [0.1, 0.15) is 0 Å². The van der Waals surface area contributed by atoms with Crippen molar-refractivity contribution in [2.24, 2.45) is 5.92 Å². The smallest absolute Gasteiger partial charge is 0.228 e. The summed E-state index contributed by atoms with van der Waals surface area (Å²) in [6.07, 6.45) is 3.78. The molecule has 192 valence electrons. The summed E-state index contributed by atoms with van der Waals surface area (Å²) in [6.45, 7) is 6.05. The number of imidazole rings is 1. The Morgan fingerprint density at radius 3 is 2.36 bits per heavy atom. The van der Waals surface area contributed by atoms with Crippen molar-refractivity contribution >= 4 is 15.7 Å². The van der Waals surface area contributed by atoms with Crippen molar-refractivity contribution < 1.29 is 17.9 Å². The van der Waals surface area contributed by atoms with Crippen molar-refractivity contribution in [3.8, 4) is 0 Å². The van der Waals surface area contributed by atoms with Crippen LogP contribution in [0.1, 0.15) is 43.5 Å². The number of nitrogens with zero attached hydrogens (tertiary/aromatic N) is 3. The van der Waals surface area contributed by atoms with Gasteiger partial charge in [-0.25, -0.2) is 13.4 Å². The molecule has 1 amide bonds. The average Bonchev–Trinajstić information content (AvgIpc) is 3.50. The molecule has 0 aliphatic carbocycles. The van der Waals surface area contributed by atoms with Crippen LogP contribution in [0.15, 0.2) is 72.0 Å². The van der Waals surface area contributed by atoms with Crippen molar-refractivity contribution in [3.63, 3.8) is 0 Å². The van der Waals surface area contributed by atoms with Gasteiger partial charge in [-0.3, -0.25) is 4.79 Å². The van der Waals surface area contributed by atoms with Crippen molar-refractivity contribution in [1.82, 2.24) is 14.5 Å². The van der Waals surface area contributed by atoms with Crippen LogP contribution in [0.5, 0.6) is 0 Å². The van der Waals surface area contributed by atoms with Crippen LogP contribution in [0.2, 0.25) is 0 Å². The van der Waals surface area contributed by atoms with E-state index in [0.717, 1.165) is 29.7 Å². The highest BCUT2D eigenvalue weighted by Gasteiger charge is 2.28. The van der Waals surface area contributed by atoms with E-state index in [1.54, 1.807) is 27.8 Å². The van der Waals surface area contributed by atoms with Gasteiger partial charge in [-0.1, -0.05) is 74.5 Å². The number of carbonyl (C=O) groups is 1. The Bertz CT molecular complexity index is 1230. The number of rotatable bonds is 11. The Hall–Kier alpha value is -2.97. The highest BCUT2D eigenvalue weighted by atomic mass is 32.2. The fourth-order valence-corrected chi connectivity index (χ4v) is 6.05. The third-order valence-electron chi connectivity index (χ3n) is 6.28. The highest BCUT2D eigenvalue weighted by molar-refractivity contribution is 7.90. The third kappa shape index (κ3) is 6.83. The summed E-state index contributed by atoms with van der Waals surface area (Å²) in [5, 5.41) is 0.0580. The Kier molecular flexibility index (Phi) is 8.59. The fraction of sp³-hybridized carbons (Fsp3) is 0.429. The second-order valence-corrected chi connectivity index (χ2v) is 11.7. The normalized spacial score (nSPS) is 15.9. The van der Waals surface area contributed by atoms with Gasteiger partial charge >= 0.3 is 0 Å². The van der Waals surface area contributed by atoms with Crippen LogP contribution >= 0.6 is 0 Å². The van der Waals surface area contributed by atoms with Crippen LogP contribution in [0.3, 0.4) is 0 Å². The van der Waals surface area contributed by atoms with E-state index in [-0.39, 0.29) is 41.8 Å². The van der Waals surface area contributed by atoms with Gasteiger partial charge in [0, 0.05) is 19.7 Å². The van der Waals surface area contributed by atoms with Crippen LogP contribution < -0.4 is 0 Å². The summed E-state index contributed by atoms with van der Waals surface area (Å²) < 4.78 is 34.4. The first-order chi connectivity index (χ1) is 17.3. The van der Waals surface area contributed by atoms with Gasteiger partial charge in [0.05, 0.1) is 36.7 Å². The zero-order chi connectivity index (χ0) is 25.5. The number of benzene rings is 2. The molecule has 36 heavy (non-hydrogen) atoms. The topological polar surface area (TPSA) is 81.5 Å². The molecule has 2 heterocycles. The molecule has 0 saturated carbocycles. The maximum absolute atomic E-state index is 13.4. The average molecular weight is 510 g/mol. The number of ether oxygens (including phenoxy) is 1. The maximum atomic E-state index is 13.4. The third-order valence-corrected chi connectivity index (χ3v) is 7.87. The molecule has 1 unspecified atom stereocenters. The second-order valence-electron chi connectivity index (χ2n) is 9.85. The number of hydrogen-bond acceptors (Lipinski definition) is 5. The molecule has 2 aromatic carbocycles. The van der Waals surface area contributed by atoms with Crippen LogP contribution in [0.4, 0.5) is 0 Å². The van der Waals surface area contributed by atoms with Crippen LogP contribution in [-0.4, -0.2) is 48.0 Å². The van der Waals surface area contributed by atoms with Gasteiger partial charge in [0.15, 0.2) is 0 Å². The molecule has 7 nitrogen and oxygen atoms in total. The van der Waals surface area contributed by atoms with Crippen LogP contribution in [0, 0.1) is 5.92 Å². The second kappa shape index (κ2) is 11.8. The molecule has 3 aromatic rings. The molecular weight excluding hydrogens is 474 g/mol.